The van der Waals surface area contributed by atoms with Gasteiger partial charge in [0.25, 0.3) is 5.91 Å². The summed E-state index contributed by atoms with van der Waals surface area (Å²) in [5.41, 5.74) is 1.51. The van der Waals surface area contributed by atoms with Gasteiger partial charge in [-0.05, 0) is 31.2 Å². The Morgan fingerprint density at radius 2 is 1.83 bits per heavy atom. The number of hydrogen-bond acceptors (Lipinski definition) is 4. The first kappa shape index (κ1) is 16.4. The predicted octanol–water partition coefficient (Wildman–Crippen LogP) is 4.16. The zero-order chi connectivity index (χ0) is 16.9. The standard InChI is InChI=1S/C18H16BrN3O2/c1-2-22(18(23)14-8-10-15(19)11-9-14)12-16-20-17(21-24-16)13-6-4-3-5-7-13/h3-11H,2,12H2,1H3. The third kappa shape index (κ3) is 3.71. The van der Waals surface area contributed by atoms with Gasteiger partial charge in [-0.15, -0.1) is 0 Å². The summed E-state index contributed by atoms with van der Waals surface area (Å²) in [4.78, 5) is 18.6. The van der Waals surface area contributed by atoms with Crippen LogP contribution in [0.4, 0.5) is 0 Å². The summed E-state index contributed by atoms with van der Waals surface area (Å²) in [5.74, 6) is 0.878. The predicted molar refractivity (Wildman–Crippen MR) is 94.3 cm³/mol. The van der Waals surface area contributed by atoms with E-state index < -0.39 is 0 Å². The first-order chi connectivity index (χ1) is 11.7. The van der Waals surface area contributed by atoms with Crippen molar-refractivity contribution in [2.45, 2.75) is 13.5 Å². The monoisotopic (exact) mass is 385 g/mol. The molecule has 2 aromatic carbocycles. The van der Waals surface area contributed by atoms with Crippen LogP contribution in [-0.4, -0.2) is 27.5 Å². The van der Waals surface area contributed by atoms with Crippen molar-refractivity contribution in [2.24, 2.45) is 0 Å². The molecule has 0 aliphatic heterocycles. The Hall–Kier alpha value is -2.47. The van der Waals surface area contributed by atoms with E-state index in [-0.39, 0.29) is 12.5 Å². The van der Waals surface area contributed by atoms with E-state index in [1.165, 1.54) is 0 Å². The van der Waals surface area contributed by atoms with Gasteiger partial charge in [0.2, 0.25) is 11.7 Å². The lowest BCUT2D eigenvalue weighted by atomic mass is 10.2. The molecular weight excluding hydrogens is 370 g/mol. The molecule has 0 radical (unpaired) electrons. The second kappa shape index (κ2) is 7.40. The van der Waals surface area contributed by atoms with E-state index in [1.807, 2.05) is 49.4 Å². The highest BCUT2D eigenvalue weighted by Gasteiger charge is 2.18. The van der Waals surface area contributed by atoms with Gasteiger partial charge in [-0.2, -0.15) is 4.98 Å². The zero-order valence-electron chi connectivity index (χ0n) is 13.1. The van der Waals surface area contributed by atoms with Gasteiger partial charge < -0.3 is 9.42 Å². The number of carbonyl (C=O) groups is 1. The molecule has 3 rings (SSSR count). The van der Waals surface area contributed by atoms with E-state index in [2.05, 4.69) is 26.1 Å². The van der Waals surface area contributed by atoms with Crippen LogP contribution in [0.1, 0.15) is 23.2 Å². The largest absolute Gasteiger partial charge is 0.337 e. The third-order valence-electron chi connectivity index (χ3n) is 3.59. The maximum atomic E-state index is 12.6. The van der Waals surface area contributed by atoms with Crippen LogP contribution in [0.3, 0.4) is 0 Å². The van der Waals surface area contributed by atoms with Crippen molar-refractivity contribution >= 4 is 21.8 Å². The lowest BCUT2D eigenvalue weighted by molar-refractivity contribution is 0.0734. The van der Waals surface area contributed by atoms with Crippen LogP contribution in [0, 0.1) is 0 Å². The fourth-order valence-electron chi connectivity index (χ4n) is 2.29. The summed E-state index contributed by atoms with van der Waals surface area (Å²) >= 11 is 3.37. The molecule has 24 heavy (non-hydrogen) atoms. The van der Waals surface area contributed by atoms with Gasteiger partial charge in [0.1, 0.15) is 6.54 Å². The molecule has 0 unspecified atom stereocenters. The minimum absolute atomic E-state index is 0.0653. The Morgan fingerprint density at radius 3 is 2.50 bits per heavy atom. The van der Waals surface area contributed by atoms with Crippen LogP contribution < -0.4 is 0 Å². The van der Waals surface area contributed by atoms with E-state index in [9.17, 15) is 4.79 Å². The molecule has 5 nitrogen and oxygen atoms in total. The summed E-state index contributed by atoms with van der Waals surface area (Å²) in [7, 11) is 0. The Balaban J connectivity index is 1.75. The molecule has 0 saturated heterocycles. The molecular formula is C18H16BrN3O2. The van der Waals surface area contributed by atoms with E-state index in [4.69, 9.17) is 4.52 Å². The second-order valence-corrected chi connectivity index (χ2v) is 6.12. The lowest BCUT2D eigenvalue weighted by Crippen LogP contribution is -2.30. The molecule has 3 aromatic rings. The molecule has 0 atom stereocenters. The van der Waals surface area contributed by atoms with Crippen molar-refractivity contribution in [2.75, 3.05) is 6.54 Å². The van der Waals surface area contributed by atoms with Crippen LogP contribution in [0.2, 0.25) is 0 Å². The van der Waals surface area contributed by atoms with Crippen LogP contribution >= 0.6 is 15.9 Å². The second-order valence-electron chi connectivity index (χ2n) is 5.20. The van der Waals surface area contributed by atoms with Gasteiger partial charge >= 0.3 is 0 Å². The van der Waals surface area contributed by atoms with Gasteiger partial charge in [-0.25, -0.2) is 0 Å². The molecule has 0 fully saturated rings. The van der Waals surface area contributed by atoms with Crippen LogP contribution in [0.5, 0.6) is 0 Å². The van der Waals surface area contributed by atoms with Gasteiger partial charge in [0.05, 0.1) is 0 Å². The molecule has 1 aromatic heterocycles. The number of aromatic nitrogens is 2. The first-order valence-corrected chi connectivity index (χ1v) is 8.39. The van der Waals surface area contributed by atoms with E-state index in [0.717, 1.165) is 10.0 Å². The normalized spacial score (nSPS) is 10.6. The van der Waals surface area contributed by atoms with Crippen LogP contribution in [-0.2, 0) is 6.54 Å². The number of benzene rings is 2. The fraction of sp³-hybridized carbons (Fsp3) is 0.167. The number of carbonyl (C=O) groups excluding carboxylic acids is 1. The van der Waals surface area contributed by atoms with Crippen molar-refractivity contribution in [1.29, 1.82) is 0 Å². The third-order valence-corrected chi connectivity index (χ3v) is 4.11. The van der Waals surface area contributed by atoms with Crippen molar-refractivity contribution in [1.82, 2.24) is 15.0 Å². The molecule has 122 valence electrons. The van der Waals surface area contributed by atoms with E-state index in [0.29, 0.717) is 23.8 Å². The smallest absolute Gasteiger partial charge is 0.254 e. The number of rotatable bonds is 5. The Kier molecular flexibility index (Phi) is 5.05. The molecule has 0 aliphatic carbocycles. The highest BCUT2D eigenvalue weighted by molar-refractivity contribution is 9.10. The summed E-state index contributed by atoms with van der Waals surface area (Å²) in [6, 6.07) is 16.9. The fourth-order valence-corrected chi connectivity index (χ4v) is 2.55. The summed E-state index contributed by atoms with van der Waals surface area (Å²) in [6.07, 6.45) is 0. The number of nitrogens with zero attached hydrogens (tertiary/aromatic N) is 3. The first-order valence-electron chi connectivity index (χ1n) is 7.60. The van der Waals surface area contributed by atoms with Gasteiger partial charge in [0.15, 0.2) is 0 Å². The molecule has 0 N–H and O–H groups in total. The number of hydrogen-bond donors (Lipinski definition) is 0. The Labute approximate surface area is 148 Å². The maximum absolute atomic E-state index is 12.6. The SMILES string of the molecule is CCN(Cc1nc(-c2ccccc2)no1)C(=O)c1ccc(Br)cc1. The molecule has 6 heteroatoms. The molecule has 0 aliphatic rings. The molecule has 0 saturated carbocycles. The highest BCUT2D eigenvalue weighted by atomic mass is 79.9. The van der Waals surface area contributed by atoms with Crippen molar-refractivity contribution in [3.63, 3.8) is 0 Å². The molecule has 1 heterocycles. The Morgan fingerprint density at radius 1 is 1.12 bits per heavy atom. The van der Waals surface area contributed by atoms with Crippen molar-refractivity contribution in [3.8, 4) is 11.4 Å². The quantitative estimate of drug-likeness (QED) is 0.661. The highest BCUT2D eigenvalue weighted by Crippen LogP contribution is 2.17. The van der Waals surface area contributed by atoms with Gasteiger partial charge in [0, 0.05) is 22.1 Å². The topological polar surface area (TPSA) is 59.2 Å². The number of amides is 1. The Bertz CT molecular complexity index is 816. The zero-order valence-corrected chi connectivity index (χ0v) is 14.7. The van der Waals surface area contributed by atoms with E-state index in [1.54, 1.807) is 17.0 Å². The number of halogens is 1. The maximum Gasteiger partial charge on any atom is 0.254 e. The summed E-state index contributed by atoms with van der Waals surface area (Å²) < 4.78 is 6.23. The summed E-state index contributed by atoms with van der Waals surface area (Å²) in [5, 5.41) is 3.99. The van der Waals surface area contributed by atoms with Gasteiger partial charge in [-0.3, -0.25) is 4.79 Å². The lowest BCUT2D eigenvalue weighted by Gasteiger charge is -2.18. The van der Waals surface area contributed by atoms with Crippen LogP contribution in [0.15, 0.2) is 63.6 Å². The minimum Gasteiger partial charge on any atom is -0.337 e. The van der Waals surface area contributed by atoms with Crippen LogP contribution in [0.25, 0.3) is 11.4 Å². The van der Waals surface area contributed by atoms with Gasteiger partial charge in [-0.1, -0.05) is 51.4 Å². The molecule has 0 spiro atoms. The molecule has 0 bridgehead atoms. The van der Waals surface area contributed by atoms with Crippen molar-refractivity contribution < 1.29 is 9.32 Å². The average Bonchev–Trinajstić information content (AvgIpc) is 3.09. The minimum atomic E-state index is -0.0653. The van der Waals surface area contributed by atoms with E-state index >= 15 is 0 Å². The van der Waals surface area contributed by atoms with Crippen molar-refractivity contribution in [3.05, 3.63) is 70.5 Å². The molecule has 1 amide bonds. The summed E-state index contributed by atoms with van der Waals surface area (Å²) in [6.45, 7) is 2.76. The average molecular weight is 386 g/mol.